The molecule has 1 amide bonds. The molecule has 0 spiro atoms. The first-order chi connectivity index (χ1) is 8.22. The number of likely N-dealkylation sites (N-methyl/N-ethyl adjacent to an activating group) is 1. The number of amides is 1. The van der Waals surface area contributed by atoms with Gasteiger partial charge in [0.2, 0.25) is 5.91 Å². The summed E-state index contributed by atoms with van der Waals surface area (Å²) in [7, 11) is 1.78. The second kappa shape index (κ2) is 5.37. The lowest BCUT2D eigenvalue weighted by molar-refractivity contribution is -0.134. The van der Waals surface area contributed by atoms with Crippen LogP contribution in [-0.4, -0.2) is 55.9 Å². The second-order valence-electron chi connectivity index (χ2n) is 4.22. The van der Waals surface area contributed by atoms with Gasteiger partial charge in [-0.1, -0.05) is 0 Å². The van der Waals surface area contributed by atoms with Crippen molar-refractivity contribution in [2.75, 3.05) is 26.7 Å². The molecule has 0 aromatic carbocycles. The van der Waals surface area contributed by atoms with Gasteiger partial charge >= 0.3 is 0 Å². The van der Waals surface area contributed by atoms with E-state index >= 15 is 0 Å². The van der Waals surface area contributed by atoms with E-state index in [0.717, 1.165) is 0 Å². The molecule has 17 heavy (non-hydrogen) atoms. The fourth-order valence-electron chi connectivity index (χ4n) is 2.11. The number of carbonyl (C=O) groups excluding carboxylic acids is 1. The van der Waals surface area contributed by atoms with Gasteiger partial charge in [0.15, 0.2) is 6.23 Å². The van der Waals surface area contributed by atoms with E-state index in [4.69, 9.17) is 9.47 Å². The molecule has 2 N–H and O–H groups in total. The number of nitrogens with one attached hydrogen (secondary N) is 2. The minimum Gasteiger partial charge on any atom is -0.475 e. The van der Waals surface area contributed by atoms with Crippen molar-refractivity contribution in [3.63, 3.8) is 0 Å². The van der Waals surface area contributed by atoms with Crippen molar-refractivity contribution in [3.05, 3.63) is 12.5 Å². The highest BCUT2D eigenvalue weighted by atomic mass is 16.5. The summed E-state index contributed by atoms with van der Waals surface area (Å²) >= 11 is 0. The van der Waals surface area contributed by atoms with Crippen LogP contribution in [0.25, 0.3) is 0 Å². The van der Waals surface area contributed by atoms with Crippen molar-refractivity contribution < 1.29 is 14.3 Å². The molecule has 1 fully saturated rings. The van der Waals surface area contributed by atoms with Crippen LogP contribution < -0.4 is 10.6 Å². The van der Waals surface area contributed by atoms with Crippen LogP contribution in [-0.2, 0) is 14.3 Å². The van der Waals surface area contributed by atoms with Crippen molar-refractivity contribution in [1.29, 1.82) is 0 Å². The standard InChI is InChI=1S/C11H19N3O3/c1-8-10(12-2)11(15)14(4-6-16-8)7-9-13-3-5-17-9/h3,5,8-10,12-13H,4,6-7H2,1-2H3. The predicted octanol–water partition coefficient (Wildman–Crippen LogP) is -0.761. The maximum Gasteiger partial charge on any atom is 0.242 e. The van der Waals surface area contributed by atoms with Gasteiger partial charge in [-0.05, 0) is 14.0 Å². The van der Waals surface area contributed by atoms with Crippen molar-refractivity contribution in [2.45, 2.75) is 25.3 Å². The Bertz CT molecular complexity index is 300. The minimum absolute atomic E-state index is 0.0646. The zero-order valence-electron chi connectivity index (χ0n) is 10.2. The van der Waals surface area contributed by atoms with Gasteiger partial charge in [-0.25, -0.2) is 0 Å². The van der Waals surface area contributed by atoms with Crippen molar-refractivity contribution in [1.82, 2.24) is 15.5 Å². The average Bonchev–Trinajstić information content (AvgIpc) is 2.76. The maximum absolute atomic E-state index is 12.3. The van der Waals surface area contributed by atoms with Gasteiger partial charge in [0.25, 0.3) is 0 Å². The Balaban J connectivity index is 1.97. The highest BCUT2D eigenvalue weighted by Crippen LogP contribution is 2.10. The van der Waals surface area contributed by atoms with Gasteiger partial charge in [0.1, 0.15) is 12.3 Å². The molecule has 2 aliphatic rings. The van der Waals surface area contributed by atoms with Gasteiger partial charge < -0.3 is 25.0 Å². The number of carbonyl (C=O) groups is 1. The monoisotopic (exact) mass is 241 g/mol. The minimum atomic E-state index is -0.285. The molecule has 0 radical (unpaired) electrons. The summed E-state index contributed by atoms with van der Waals surface area (Å²) in [6, 6.07) is -0.285. The third-order valence-corrected chi connectivity index (χ3v) is 3.08. The van der Waals surface area contributed by atoms with Crippen LogP contribution >= 0.6 is 0 Å². The molecule has 3 unspecified atom stereocenters. The van der Waals surface area contributed by atoms with E-state index in [1.54, 1.807) is 24.4 Å². The molecule has 2 heterocycles. The van der Waals surface area contributed by atoms with Crippen LogP contribution in [0.3, 0.4) is 0 Å². The van der Waals surface area contributed by atoms with Crippen LogP contribution in [0.2, 0.25) is 0 Å². The third kappa shape index (κ3) is 2.70. The summed E-state index contributed by atoms with van der Waals surface area (Å²) in [4.78, 5) is 14.0. The molecule has 0 aliphatic carbocycles. The van der Waals surface area contributed by atoms with E-state index in [-0.39, 0.29) is 24.3 Å². The number of hydrogen-bond donors (Lipinski definition) is 2. The summed E-state index contributed by atoms with van der Waals surface area (Å²) in [6.07, 6.45) is 3.08. The quantitative estimate of drug-likeness (QED) is 0.680. The summed E-state index contributed by atoms with van der Waals surface area (Å²) in [5, 5.41) is 6.04. The van der Waals surface area contributed by atoms with E-state index in [2.05, 4.69) is 10.6 Å². The topological polar surface area (TPSA) is 62.8 Å². The average molecular weight is 241 g/mol. The molecule has 96 valence electrons. The molecule has 6 nitrogen and oxygen atoms in total. The van der Waals surface area contributed by atoms with Crippen LogP contribution in [0.1, 0.15) is 6.92 Å². The first-order valence-electron chi connectivity index (χ1n) is 5.86. The van der Waals surface area contributed by atoms with E-state index < -0.39 is 0 Å². The molecule has 2 rings (SSSR count). The highest BCUT2D eigenvalue weighted by Gasteiger charge is 2.33. The van der Waals surface area contributed by atoms with Crippen LogP contribution in [0.5, 0.6) is 0 Å². The number of rotatable bonds is 3. The fraction of sp³-hybridized carbons (Fsp3) is 0.727. The number of nitrogens with zero attached hydrogens (tertiary/aromatic N) is 1. The highest BCUT2D eigenvalue weighted by molar-refractivity contribution is 5.82. The molecular weight excluding hydrogens is 222 g/mol. The Labute approximate surface area is 101 Å². The van der Waals surface area contributed by atoms with Crippen LogP contribution in [0, 0.1) is 0 Å². The molecule has 0 bridgehead atoms. The molecular formula is C11H19N3O3. The normalized spacial score (nSPS) is 33.2. The van der Waals surface area contributed by atoms with Crippen LogP contribution in [0.4, 0.5) is 0 Å². The number of hydrogen-bond acceptors (Lipinski definition) is 5. The number of ether oxygens (including phenoxy) is 2. The van der Waals surface area contributed by atoms with Gasteiger partial charge in [0.05, 0.1) is 19.3 Å². The second-order valence-corrected chi connectivity index (χ2v) is 4.22. The Morgan fingerprint density at radius 3 is 3.12 bits per heavy atom. The molecule has 0 aromatic heterocycles. The largest absolute Gasteiger partial charge is 0.475 e. The Kier molecular flexibility index (Phi) is 3.86. The first-order valence-corrected chi connectivity index (χ1v) is 5.86. The molecule has 0 saturated carbocycles. The SMILES string of the molecule is CNC1C(=O)N(CC2NC=CO2)CCOC1C. The van der Waals surface area contributed by atoms with E-state index in [1.807, 2.05) is 6.92 Å². The predicted molar refractivity (Wildman–Crippen MR) is 62.0 cm³/mol. The molecule has 1 saturated heterocycles. The van der Waals surface area contributed by atoms with E-state index in [0.29, 0.717) is 19.7 Å². The molecule has 0 aromatic rings. The Morgan fingerprint density at radius 2 is 2.47 bits per heavy atom. The maximum atomic E-state index is 12.3. The van der Waals surface area contributed by atoms with Crippen molar-refractivity contribution in [3.8, 4) is 0 Å². The first kappa shape index (κ1) is 12.2. The van der Waals surface area contributed by atoms with E-state index in [9.17, 15) is 4.79 Å². The fourth-order valence-corrected chi connectivity index (χ4v) is 2.11. The van der Waals surface area contributed by atoms with Gasteiger partial charge in [-0.3, -0.25) is 4.79 Å². The Hall–Kier alpha value is -1.27. The zero-order valence-corrected chi connectivity index (χ0v) is 10.2. The van der Waals surface area contributed by atoms with Gasteiger partial charge in [-0.15, -0.1) is 0 Å². The lowest BCUT2D eigenvalue weighted by Crippen LogP contribution is -2.51. The van der Waals surface area contributed by atoms with E-state index in [1.165, 1.54) is 0 Å². The summed E-state index contributed by atoms with van der Waals surface area (Å²) in [5.41, 5.74) is 0. The lowest BCUT2D eigenvalue weighted by Gasteiger charge is -2.27. The molecule has 6 heteroatoms. The zero-order chi connectivity index (χ0) is 12.3. The summed E-state index contributed by atoms with van der Waals surface area (Å²) in [6.45, 7) is 3.60. The van der Waals surface area contributed by atoms with Gasteiger partial charge in [0, 0.05) is 12.7 Å². The Morgan fingerprint density at radius 1 is 1.65 bits per heavy atom. The summed E-state index contributed by atoms with van der Waals surface area (Å²) in [5.74, 6) is 0.0646. The molecule has 3 atom stereocenters. The smallest absolute Gasteiger partial charge is 0.242 e. The van der Waals surface area contributed by atoms with Gasteiger partial charge in [-0.2, -0.15) is 0 Å². The van der Waals surface area contributed by atoms with Crippen molar-refractivity contribution >= 4 is 5.91 Å². The lowest BCUT2D eigenvalue weighted by atomic mass is 10.1. The summed E-state index contributed by atoms with van der Waals surface area (Å²) < 4.78 is 10.9. The molecule has 2 aliphatic heterocycles. The van der Waals surface area contributed by atoms with Crippen molar-refractivity contribution in [2.24, 2.45) is 0 Å². The van der Waals surface area contributed by atoms with Crippen LogP contribution in [0.15, 0.2) is 12.5 Å². The third-order valence-electron chi connectivity index (χ3n) is 3.08.